The van der Waals surface area contributed by atoms with Crippen LogP contribution in [0.25, 0.3) is 0 Å². The van der Waals surface area contributed by atoms with Crippen molar-refractivity contribution in [3.8, 4) is 0 Å². The van der Waals surface area contributed by atoms with E-state index in [2.05, 4.69) is 11.9 Å². The van der Waals surface area contributed by atoms with Gasteiger partial charge in [-0.3, -0.25) is 4.79 Å². The maximum Gasteiger partial charge on any atom is 0.251 e. The van der Waals surface area contributed by atoms with Crippen LogP contribution in [0.3, 0.4) is 0 Å². The molecule has 1 aromatic rings. The maximum absolute atomic E-state index is 12.0. The normalized spacial score (nSPS) is 11.6. The fourth-order valence-electron chi connectivity index (χ4n) is 1.55. The predicted octanol–water partition coefficient (Wildman–Crippen LogP) is 3.41. The number of allylic oxidation sites excluding steroid dienone is 3. The summed E-state index contributed by atoms with van der Waals surface area (Å²) >= 11 is 0. The molecule has 94 valence electrons. The van der Waals surface area contributed by atoms with Crippen molar-refractivity contribution in [1.82, 2.24) is 5.32 Å². The van der Waals surface area contributed by atoms with Crippen molar-refractivity contribution in [2.24, 2.45) is 0 Å². The summed E-state index contributed by atoms with van der Waals surface area (Å²) in [6, 6.07) is 7.56. The Morgan fingerprint density at radius 1 is 1.39 bits per heavy atom. The van der Waals surface area contributed by atoms with Crippen LogP contribution in [-0.2, 0) is 0 Å². The van der Waals surface area contributed by atoms with Crippen molar-refractivity contribution in [2.75, 3.05) is 6.54 Å². The first-order valence-corrected chi connectivity index (χ1v) is 5.97. The molecule has 0 bridgehead atoms. The highest BCUT2D eigenvalue weighted by molar-refractivity contribution is 5.95. The molecule has 0 radical (unpaired) electrons. The van der Waals surface area contributed by atoms with Crippen LogP contribution >= 0.6 is 0 Å². The van der Waals surface area contributed by atoms with Gasteiger partial charge in [0, 0.05) is 12.1 Å². The van der Waals surface area contributed by atoms with E-state index in [0.29, 0.717) is 6.54 Å². The molecule has 18 heavy (non-hydrogen) atoms. The van der Waals surface area contributed by atoms with E-state index < -0.39 is 0 Å². The fraction of sp³-hybridized carbons (Fsp3) is 0.188. The molecule has 1 N–H and O–H groups in total. The molecule has 0 aliphatic rings. The Morgan fingerprint density at radius 3 is 2.72 bits per heavy atom. The number of hydrogen-bond donors (Lipinski definition) is 1. The second kappa shape index (κ2) is 7.28. The lowest BCUT2D eigenvalue weighted by molar-refractivity contribution is 0.0956. The second-order valence-electron chi connectivity index (χ2n) is 3.96. The second-order valence-corrected chi connectivity index (χ2v) is 3.96. The van der Waals surface area contributed by atoms with Gasteiger partial charge < -0.3 is 5.32 Å². The predicted molar refractivity (Wildman–Crippen MR) is 76.6 cm³/mol. The Labute approximate surface area is 109 Å². The molecule has 2 nitrogen and oxygen atoms in total. The van der Waals surface area contributed by atoms with E-state index in [1.54, 1.807) is 6.08 Å². The molecule has 1 aromatic carbocycles. The van der Waals surface area contributed by atoms with Gasteiger partial charge in [0.1, 0.15) is 0 Å². The van der Waals surface area contributed by atoms with E-state index in [4.69, 9.17) is 0 Å². The summed E-state index contributed by atoms with van der Waals surface area (Å²) < 4.78 is 0. The van der Waals surface area contributed by atoms with Gasteiger partial charge >= 0.3 is 0 Å². The number of carbonyl (C=O) groups is 1. The third kappa shape index (κ3) is 4.06. The molecule has 0 spiro atoms. The first-order chi connectivity index (χ1) is 8.69. The van der Waals surface area contributed by atoms with Gasteiger partial charge in [0.05, 0.1) is 0 Å². The zero-order valence-corrected chi connectivity index (χ0v) is 10.9. The number of nitrogens with one attached hydrogen (secondary N) is 1. The standard InChI is InChI=1S/C16H19NO/c1-4-6-10-14(5-2)12-17-16(18)15-11-8-7-9-13(15)3/h4-11H,1,12H2,2-3H3,(H,17,18)/b10-6-,14-5+. The molecule has 0 saturated carbocycles. The van der Waals surface area contributed by atoms with Crippen molar-refractivity contribution in [3.63, 3.8) is 0 Å². The lowest BCUT2D eigenvalue weighted by atomic mass is 10.1. The third-order valence-electron chi connectivity index (χ3n) is 2.66. The highest BCUT2D eigenvalue weighted by atomic mass is 16.1. The highest BCUT2D eigenvalue weighted by Crippen LogP contribution is 2.06. The van der Waals surface area contributed by atoms with Crippen molar-refractivity contribution < 1.29 is 4.79 Å². The minimum Gasteiger partial charge on any atom is -0.348 e. The first kappa shape index (κ1) is 14.0. The minimum absolute atomic E-state index is 0.0422. The molecule has 0 atom stereocenters. The summed E-state index contributed by atoms with van der Waals surface area (Å²) in [5.74, 6) is -0.0422. The lowest BCUT2D eigenvalue weighted by Gasteiger charge is -2.07. The zero-order chi connectivity index (χ0) is 13.4. The quantitative estimate of drug-likeness (QED) is 0.786. The van der Waals surface area contributed by atoms with Crippen LogP contribution in [0.15, 0.2) is 60.7 Å². The van der Waals surface area contributed by atoms with Gasteiger partial charge in [-0.25, -0.2) is 0 Å². The average molecular weight is 241 g/mol. The number of aryl methyl sites for hydroxylation is 1. The van der Waals surface area contributed by atoms with Gasteiger partial charge in [0.15, 0.2) is 0 Å². The van der Waals surface area contributed by atoms with E-state index in [0.717, 1.165) is 16.7 Å². The molecule has 0 fully saturated rings. The summed E-state index contributed by atoms with van der Waals surface area (Å²) in [4.78, 5) is 12.0. The van der Waals surface area contributed by atoms with E-state index in [9.17, 15) is 4.79 Å². The molecule has 0 aliphatic heterocycles. The molecule has 0 saturated heterocycles. The van der Waals surface area contributed by atoms with E-state index >= 15 is 0 Å². The van der Waals surface area contributed by atoms with Crippen LogP contribution in [0.5, 0.6) is 0 Å². The Kier molecular flexibility index (Phi) is 5.65. The Bertz CT molecular complexity index is 484. The zero-order valence-electron chi connectivity index (χ0n) is 10.9. The summed E-state index contributed by atoms with van der Waals surface area (Å²) in [7, 11) is 0. The average Bonchev–Trinajstić information content (AvgIpc) is 2.39. The molecule has 2 heteroatoms. The summed E-state index contributed by atoms with van der Waals surface area (Å²) in [6.45, 7) is 8.02. The van der Waals surface area contributed by atoms with E-state index in [1.807, 2.05) is 56.3 Å². The molecule has 0 unspecified atom stereocenters. The Morgan fingerprint density at radius 2 is 2.11 bits per heavy atom. The maximum atomic E-state index is 12.0. The largest absolute Gasteiger partial charge is 0.348 e. The summed E-state index contributed by atoms with van der Waals surface area (Å²) in [5, 5.41) is 2.91. The van der Waals surface area contributed by atoms with Crippen molar-refractivity contribution in [2.45, 2.75) is 13.8 Å². The first-order valence-electron chi connectivity index (χ1n) is 5.97. The molecular weight excluding hydrogens is 222 g/mol. The molecule has 0 aromatic heterocycles. The van der Waals surface area contributed by atoms with Gasteiger partial charge in [-0.05, 0) is 31.1 Å². The molecule has 1 amide bonds. The summed E-state index contributed by atoms with van der Waals surface area (Å²) in [5.41, 5.74) is 2.76. The van der Waals surface area contributed by atoms with Crippen LogP contribution in [0.1, 0.15) is 22.8 Å². The fourth-order valence-corrected chi connectivity index (χ4v) is 1.55. The number of carbonyl (C=O) groups excluding carboxylic acids is 1. The molecular formula is C16H19NO. The van der Waals surface area contributed by atoms with Gasteiger partial charge in [0.25, 0.3) is 5.91 Å². The van der Waals surface area contributed by atoms with Gasteiger partial charge in [-0.2, -0.15) is 0 Å². The van der Waals surface area contributed by atoms with Crippen LogP contribution in [0, 0.1) is 6.92 Å². The van der Waals surface area contributed by atoms with Crippen molar-refractivity contribution in [1.29, 1.82) is 0 Å². The number of amides is 1. The van der Waals surface area contributed by atoms with Crippen molar-refractivity contribution >= 4 is 5.91 Å². The van der Waals surface area contributed by atoms with Crippen LogP contribution in [0.2, 0.25) is 0 Å². The van der Waals surface area contributed by atoms with E-state index in [1.165, 1.54) is 0 Å². The molecule has 1 rings (SSSR count). The number of benzene rings is 1. The van der Waals surface area contributed by atoms with Crippen molar-refractivity contribution in [3.05, 3.63) is 71.8 Å². The Balaban J connectivity index is 2.64. The van der Waals surface area contributed by atoms with E-state index in [-0.39, 0.29) is 5.91 Å². The topological polar surface area (TPSA) is 29.1 Å². The minimum atomic E-state index is -0.0422. The summed E-state index contributed by atoms with van der Waals surface area (Å²) in [6.07, 6.45) is 7.48. The SMILES string of the molecule is C=C/C=C\C(=C/C)CNC(=O)c1ccccc1C. The molecule has 0 heterocycles. The number of rotatable bonds is 5. The van der Waals surface area contributed by atoms with Gasteiger partial charge in [-0.15, -0.1) is 0 Å². The number of hydrogen-bond acceptors (Lipinski definition) is 1. The van der Waals surface area contributed by atoms with Gasteiger partial charge in [-0.1, -0.05) is 49.1 Å². The molecule has 0 aliphatic carbocycles. The Hall–Kier alpha value is -2.09. The highest BCUT2D eigenvalue weighted by Gasteiger charge is 2.07. The monoisotopic (exact) mass is 241 g/mol. The lowest BCUT2D eigenvalue weighted by Crippen LogP contribution is -2.25. The van der Waals surface area contributed by atoms with Crippen LogP contribution < -0.4 is 5.32 Å². The van der Waals surface area contributed by atoms with Gasteiger partial charge in [0.2, 0.25) is 0 Å². The third-order valence-corrected chi connectivity index (χ3v) is 2.66. The smallest absolute Gasteiger partial charge is 0.251 e. The van der Waals surface area contributed by atoms with Crippen LogP contribution in [0.4, 0.5) is 0 Å². The van der Waals surface area contributed by atoms with Crippen LogP contribution in [-0.4, -0.2) is 12.5 Å².